The lowest BCUT2D eigenvalue weighted by Crippen LogP contribution is -2.38. The van der Waals surface area contributed by atoms with Crippen LogP contribution >= 0.6 is 0 Å². The highest BCUT2D eigenvalue weighted by atomic mass is 32.2. The average molecular weight is 454 g/mol. The van der Waals surface area contributed by atoms with Gasteiger partial charge >= 0.3 is 6.18 Å². The van der Waals surface area contributed by atoms with E-state index >= 15 is 0 Å². The molecule has 1 N–H and O–H groups in total. The van der Waals surface area contributed by atoms with Crippen molar-refractivity contribution in [2.45, 2.75) is 31.0 Å². The summed E-state index contributed by atoms with van der Waals surface area (Å²) in [5.41, 5.74) is -2.90. The maximum absolute atomic E-state index is 13.2. The molecule has 2 aromatic carbocycles. The lowest BCUT2D eigenvalue weighted by Gasteiger charge is -2.24. The Morgan fingerprint density at radius 2 is 1.90 bits per heavy atom. The van der Waals surface area contributed by atoms with Crippen molar-refractivity contribution in [3.05, 3.63) is 53.6 Å². The van der Waals surface area contributed by atoms with E-state index in [0.717, 1.165) is 18.2 Å². The molecular formula is C20H17F3N2O5S. The number of carbonyl (C=O) groups is 1. The molecule has 0 radical (unpaired) electrons. The number of rotatable bonds is 4. The molecule has 11 heteroatoms. The third kappa shape index (κ3) is 4.16. The number of phenols is 1. The Kier molecular flexibility index (Phi) is 5.40. The Labute approximate surface area is 176 Å². The molecule has 0 aromatic heterocycles. The van der Waals surface area contributed by atoms with E-state index in [1.165, 1.54) is 24.3 Å². The van der Waals surface area contributed by atoms with Crippen LogP contribution in [0.1, 0.15) is 25.0 Å². The topological polar surface area (TPSA) is 108 Å². The van der Waals surface area contributed by atoms with E-state index in [9.17, 15) is 31.5 Å². The zero-order chi connectivity index (χ0) is 23.2. The molecule has 31 heavy (non-hydrogen) atoms. The van der Waals surface area contributed by atoms with Gasteiger partial charge in [0.2, 0.25) is 0 Å². The second kappa shape index (κ2) is 7.46. The molecule has 1 atom stereocenters. The third-order valence-electron chi connectivity index (χ3n) is 4.81. The highest BCUT2D eigenvalue weighted by Gasteiger charge is 2.52. The summed E-state index contributed by atoms with van der Waals surface area (Å²) in [6.45, 7) is 2.81. The van der Waals surface area contributed by atoms with Crippen LogP contribution in [0.25, 0.3) is 0 Å². The van der Waals surface area contributed by atoms with Crippen LogP contribution in [0.2, 0.25) is 0 Å². The minimum absolute atomic E-state index is 0.281. The lowest BCUT2D eigenvalue weighted by atomic mass is 9.89. The molecule has 0 aliphatic carbocycles. The van der Waals surface area contributed by atoms with Gasteiger partial charge < -0.3 is 9.84 Å². The molecule has 1 heterocycles. The van der Waals surface area contributed by atoms with Crippen molar-refractivity contribution < 1.29 is 36.2 Å². The zero-order valence-corrected chi connectivity index (χ0v) is 17.2. The Hall–Kier alpha value is -3.26. The summed E-state index contributed by atoms with van der Waals surface area (Å²) in [6.07, 6.45) is -6.21. The molecule has 0 saturated carbocycles. The van der Waals surface area contributed by atoms with Crippen LogP contribution in [0, 0.1) is 16.7 Å². The van der Waals surface area contributed by atoms with Gasteiger partial charge in [0.1, 0.15) is 11.5 Å². The van der Waals surface area contributed by atoms with Gasteiger partial charge in [-0.25, -0.2) is 12.7 Å². The number of amides is 1. The summed E-state index contributed by atoms with van der Waals surface area (Å²) in [5.74, 6) is -1.59. The fourth-order valence-electron chi connectivity index (χ4n) is 3.25. The number of nitrogens with zero attached hydrogens (tertiary/aromatic N) is 2. The quantitative estimate of drug-likeness (QED) is 0.760. The van der Waals surface area contributed by atoms with Gasteiger partial charge in [0, 0.05) is 18.0 Å². The predicted molar refractivity (Wildman–Crippen MR) is 101 cm³/mol. The zero-order valence-electron chi connectivity index (χ0n) is 16.3. The maximum Gasteiger partial charge on any atom is 0.417 e. The number of hydrogen-bond donors (Lipinski definition) is 1. The van der Waals surface area contributed by atoms with Crippen molar-refractivity contribution in [3.8, 4) is 17.6 Å². The van der Waals surface area contributed by atoms with Crippen LogP contribution in [-0.4, -0.2) is 36.4 Å². The standard InChI is InChI=1S/C20H17F3N2O5S/c1-19(2)11-25(31(28,29)15-5-3-4-13(26)8-15)18(27)17(19)30-14-7-6-12(10-24)16(9-14)20(21,22)23/h3-9,17,26H,11H2,1-2H3. The number of halogens is 3. The smallest absolute Gasteiger partial charge is 0.417 e. The van der Waals surface area contributed by atoms with Crippen LogP contribution in [0.15, 0.2) is 47.4 Å². The molecule has 1 unspecified atom stereocenters. The molecule has 7 nitrogen and oxygen atoms in total. The fraction of sp³-hybridized carbons (Fsp3) is 0.300. The van der Waals surface area contributed by atoms with Gasteiger partial charge in [-0.3, -0.25) is 4.79 Å². The van der Waals surface area contributed by atoms with Crippen molar-refractivity contribution in [3.63, 3.8) is 0 Å². The summed E-state index contributed by atoms with van der Waals surface area (Å²) in [5, 5.41) is 18.5. The summed E-state index contributed by atoms with van der Waals surface area (Å²) in [4.78, 5) is 12.6. The number of aromatic hydroxyl groups is 1. The van der Waals surface area contributed by atoms with Crippen molar-refractivity contribution in [1.29, 1.82) is 5.26 Å². The van der Waals surface area contributed by atoms with Crippen LogP contribution in [0.4, 0.5) is 13.2 Å². The summed E-state index contributed by atoms with van der Waals surface area (Å²) in [7, 11) is -4.33. The molecule has 0 bridgehead atoms. The number of sulfonamides is 1. The van der Waals surface area contributed by atoms with Crippen LogP contribution in [0.5, 0.6) is 11.5 Å². The van der Waals surface area contributed by atoms with Gasteiger partial charge in [0.25, 0.3) is 15.9 Å². The van der Waals surface area contributed by atoms with Gasteiger partial charge in [-0.1, -0.05) is 19.9 Å². The fourth-order valence-corrected chi connectivity index (χ4v) is 4.86. The number of ether oxygens (including phenoxy) is 1. The number of nitriles is 1. The number of alkyl halides is 3. The van der Waals surface area contributed by atoms with Crippen molar-refractivity contribution >= 4 is 15.9 Å². The first-order chi connectivity index (χ1) is 14.3. The molecular weight excluding hydrogens is 437 g/mol. The van der Waals surface area contributed by atoms with Crippen molar-refractivity contribution in [2.24, 2.45) is 5.41 Å². The molecule has 1 saturated heterocycles. The van der Waals surface area contributed by atoms with E-state index in [-0.39, 0.29) is 22.9 Å². The Morgan fingerprint density at radius 3 is 2.48 bits per heavy atom. The normalized spacial score (nSPS) is 18.6. The Morgan fingerprint density at radius 1 is 1.23 bits per heavy atom. The Bertz CT molecular complexity index is 1190. The first-order valence-corrected chi connectivity index (χ1v) is 10.3. The largest absolute Gasteiger partial charge is 0.508 e. The predicted octanol–water partition coefficient (Wildman–Crippen LogP) is 3.29. The lowest BCUT2D eigenvalue weighted by molar-refractivity contribution is -0.137. The SMILES string of the molecule is CC1(C)CN(S(=O)(=O)c2cccc(O)c2)C(=O)C1Oc1ccc(C#N)c(C(F)(F)F)c1. The number of phenolic OH excluding ortho intramolecular Hbond substituents is 1. The number of hydrogen-bond acceptors (Lipinski definition) is 6. The third-order valence-corrected chi connectivity index (χ3v) is 6.55. The second-order valence-electron chi connectivity index (χ2n) is 7.65. The molecule has 2 aromatic rings. The molecule has 0 spiro atoms. The average Bonchev–Trinajstić information content (AvgIpc) is 2.91. The molecule has 164 valence electrons. The van der Waals surface area contributed by atoms with Crippen LogP contribution in [0.3, 0.4) is 0 Å². The van der Waals surface area contributed by atoms with E-state index in [1.807, 2.05) is 0 Å². The summed E-state index contributed by atoms with van der Waals surface area (Å²) < 4.78 is 71.5. The van der Waals surface area contributed by atoms with Gasteiger partial charge in [-0.15, -0.1) is 0 Å². The molecule has 1 aliphatic rings. The number of carbonyl (C=O) groups excluding carboxylic acids is 1. The van der Waals surface area contributed by atoms with Gasteiger partial charge in [-0.2, -0.15) is 18.4 Å². The van der Waals surface area contributed by atoms with Gasteiger partial charge in [0.15, 0.2) is 6.10 Å². The monoisotopic (exact) mass is 454 g/mol. The van der Waals surface area contributed by atoms with Crippen LogP contribution in [-0.2, 0) is 21.0 Å². The van der Waals surface area contributed by atoms with E-state index in [2.05, 4.69) is 0 Å². The van der Waals surface area contributed by atoms with Crippen molar-refractivity contribution in [2.75, 3.05) is 6.54 Å². The molecule has 1 aliphatic heterocycles. The number of benzene rings is 2. The maximum atomic E-state index is 13.2. The van der Waals surface area contributed by atoms with Crippen LogP contribution < -0.4 is 4.74 Å². The molecule has 3 rings (SSSR count). The van der Waals surface area contributed by atoms with Gasteiger partial charge in [0.05, 0.1) is 22.1 Å². The highest BCUT2D eigenvalue weighted by Crippen LogP contribution is 2.39. The minimum Gasteiger partial charge on any atom is -0.508 e. The van der Waals surface area contributed by atoms with Gasteiger partial charge in [-0.05, 0) is 30.3 Å². The first kappa shape index (κ1) is 22.4. The first-order valence-electron chi connectivity index (χ1n) is 8.91. The van der Waals surface area contributed by atoms with Crippen molar-refractivity contribution in [1.82, 2.24) is 4.31 Å². The molecule has 1 amide bonds. The molecule has 1 fully saturated rings. The van der Waals surface area contributed by atoms with E-state index < -0.39 is 44.8 Å². The van der Waals surface area contributed by atoms with E-state index in [1.54, 1.807) is 13.8 Å². The minimum atomic E-state index is -4.82. The summed E-state index contributed by atoms with van der Waals surface area (Å²) in [6, 6.07) is 8.85. The Balaban J connectivity index is 1.95. The second-order valence-corrected chi connectivity index (χ2v) is 9.51. The highest BCUT2D eigenvalue weighted by molar-refractivity contribution is 7.89. The van der Waals surface area contributed by atoms with E-state index in [4.69, 9.17) is 10.00 Å². The van der Waals surface area contributed by atoms with E-state index in [0.29, 0.717) is 10.4 Å². The summed E-state index contributed by atoms with van der Waals surface area (Å²) >= 11 is 0.